The third-order valence-electron chi connectivity index (χ3n) is 2.05. The lowest BCUT2D eigenvalue weighted by atomic mass is 10.0. The van der Waals surface area contributed by atoms with Crippen LogP contribution in [0.3, 0.4) is 0 Å². The van der Waals surface area contributed by atoms with Gasteiger partial charge in [0.25, 0.3) is 0 Å². The molecule has 0 bridgehead atoms. The molecule has 0 spiro atoms. The Bertz CT molecular complexity index is 361. The van der Waals surface area contributed by atoms with Crippen LogP contribution in [0, 0.1) is 0 Å². The van der Waals surface area contributed by atoms with E-state index < -0.39 is 5.97 Å². The molecule has 1 rings (SSSR count). The first-order valence-corrected chi connectivity index (χ1v) is 6.12. The Balaban J connectivity index is 3.39. The molecule has 1 aromatic carbocycles. The highest BCUT2D eigenvalue weighted by molar-refractivity contribution is 9.10. The maximum Gasteiger partial charge on any atom is 0.336 e. The van der Waals surface area contributed by atoms with Crippen molar-refractivity contribution < 1.29 is 9.90 Å². The van der Waals surface area contributed by atoms with Crippen LogP contribution in [0.2, 0.25) is 0 Å². The van der Waals surface area contributed by atoms with Gasteiger partial charge in [0.1, 0.15) is 0 Å². The normalized spacial score (nSPS) is 10.2. The maximum absolute atomic E-state index is 11.0. The van der Waals surface area contributed by atoms with E-state index in [4.69, 9.17) is 5.11 Å². The summed E-state index contributed by atoms with van der Waals surface area (Å²) in [5.41, 5.74) is 2.30. The molecule has 0 aliphatic rings. The van der Waals surface area contributed by atoms with Crippen LogP contribution in [0.4, 0.5) is 0 Å². The molecule has 0 atom stereocenters. The number of aromatic carboxylic acids is 1. The summed E-state index contributed by atoms with van der Waals surface area (Å²) in [6, 6.07) is 3.60. The van der Waals surface area contributed by atoms with Crippen molar-refractivity contribution in [1.82, 2.24) is 0 Å². The SMILES string of the molecule is CCc1cc(Br)cc(C(=O)O)c1CBr. The number of carboxylic acid groups (broad SMARTS) is 1. The first-order chi connectivity index (χ1) is 6.60. The number of hydrogen-bond acceptors (Lipinski definition) is 1. The van der Waals surface area contributed by atoms with E-state index in [1.165, 1.54) is 0 Å². The number of carboxylic acids is 1. The van der Waals surface area contributed by atoms with Gasteiger partial charge in [0, 0.05) is 9.80 Å². The van der Waals surface area contributed by atoms with Crippen LogP contribution in [0.1, 0.15) is 28.4 Å². The van der Waals surface area contributed by atoms with Crippen LogP contribution in [0.5, 0.6) is 0 Å². The van der Waals surface area contributed by atoms with Crippen LogP contribution < -0.4 is 0 Å². The summed E-state index contributed by atoms with van der Waals surface area (Å²) in [6.45, 7) is 2.01. The number of benzene rings is 1. The minimum absolute atomic E-state index is 0.369. The summed E-state index contributed by atoms with van der Waals surface area (Å²) in [5.74, 6) is -0.879. The minimum Gasteiger partial charge on any atom is -0.478 e. The predicted octanol–water partition coefficient (Wildman–Crippen LogP) is 3.60. The Hall–Kier alpha value is -0.350. The summed E-state index contributed by atoms with van der Waals surface area (Å²) in [5, 5.41) is 9.57. The molecule has 0 aliphatic heterocycles. The molecule has 0 amide bonds. The van der Waals surface area contributed by atoms with Crippen LogP contribution >= 0.6 is 31.9 Å². The Morgan fingerprint density at radius 3 is 2.57 bits per heavy atom. The second-order valence-corrected chi connectivity index (χ2v) is 4.36. The fourth-order valence-electron chi connectivity index (χ4n) is 1.36. The molecule has 0 unspecified atom stereocenters. The lowest BCUT2D eigenvalue weighted by Gasteiger charge is -2.09. The highest BCUT2D eigenvalue weighted by atomic mass is 79.9. The highest BCUT2D eigenvalue weighted by Crippen LogP contribution is 2.24. The van der Waals surface area contributed by atoms with E-state index in [1.807, 2.05) is 13.0 Å². The van der Waals surface area contributed by atoms with Gasteiger partial charge in [0.05, 0.1) is 5.56 Å². The van der Waals surface area contributed by atoms with Crippen molar-refractivity contribution in [2.24, 2.45) is 0 Å². The third kappa shape index (κ3) is 2.36. The Morgan fingerprint density at radius 1 is 1.50 bits per heavy atom. The van der Waals surface area contributed by atoms with Crippen molar-refractivity contribution >= 4 is 37.8 Å². The summed E-state index contributed by atoms with van der Waals surface area (Å²) in [7, 11) is 0. The topological polar surface area (TPSA) is 37.3 Å². The van der Waals surface area contributed by atoms with E-state index in [2.05, 4.69) is 31.9 Å². The number of carbonyl (C=O) groups is 1. The number of alkyl halides is 1. The summed E-state index contributed by atoms with van der Waals surface area (Å²) in [4.78, 5) is 11.0. The predicted molar refractivity (Wildman–Crippen MR) is 63.1 cm³/mol. The van der Waals surface area contributed by atoms with E-state index >= 15 is 0 Å². The second-order valence-electron chi connectivity index (χ2n) is 2.88. The quantitative estimate of drug-likeness (QED) is 0.864. The molecule has 2 nitrogen and oxygen atoms in total. The molecule has 0 heterocycles. The molecule has 0 radical (unpaired) electrons. The summed E-state index contributed by atoms with van der Waals surface area (Å²) < 4.78 is 0.816. The average Bonchev–Trinajstić information content (AvgIpc) is 2.16. The van der Waals surface area contributed by atoms with Gasteiger partial charge in [-0.1, -0.05) is 38.8 Å². The van der Waals surface area contributed by atoms with Gasteiger partial charge in [-0.15, -0.1) is 0 Å². The van der Waals surface area contributed by atoms with Crippen molar-refractivity contribution in [2.75, 3.05) is 0 Å². The Kier molecular flexibility index (Phi) is 4.13. The maximum atomic E-state index is 11.0. The Morgan fingerprint density at radius 2 is 2.14 bits per heavy atom. The van der Waals surface area contributed by atoms with Crippen LogP contribution in [0.15, 0.2) is 16.6 Å². The summed E-state index contributed by atoms with van der Waals surface area (Å²) >= 11 is 6.62. The molecule has 1 aromatic rings. The van der Waals surface area contributed by atoms with E-state index in [0.717, 1.165) is 22.0 Å². The zero-order valence-corrected chi connectivity index (χ0v) is 10.9. The van der Waals surface area contributed by atoms with Gasteiger partial charge < -0.3 is 5.11 Å². The molecule has 0 aliphatic carbocycles. The minimum atomic E-state index is -0.879. The van der Waals surface area contributed by atoms with Crippen molar-refractivity contribution in [1.29, 1.82) is 0 Å². The van der Waals surface area contributed by atoms with Gasteiger partial charge in [0.2, 0.25) is 0 Å². The van der Waals surface area contributed by atoms with Crippen molar-refractivity contribution in [2.45, 2.75) is 18.7 Å². The van der Waals surface area contributed by atoms with Crippen LogP contribution in [-0.4, -0.2) is 11.1 Å². The zero-order chi connectivity index (χ0) is 10.7. The lowest BCUT2D eigenvalue weighted by molar-refractivity contribution is 0.0696. The Labute approximate surface area is 99.6 Å². The average molecular weight is 322 g/mol. The molecule has 4 heteroatoms. The largest absolute Gasteiger partial charge is 0.478 e. The smallest absolute Gasteiger partial charge is 0.336 e. The van der Waals surface area contributed by atoms with Gasteiger partial charge in [-0.2, -0.15) is 0 Å². The number of hydrogen-bond donors (Lipinski definition) is 1. The number of aryl methyl sites for hydroxylation is 1. The fourth-order valence-corrected chi connectivity index (χ4v) is 2.52. The number of rotatable bonds is 3. The highest BCUT2D eigenvalue weighted by Gasteiger charge is 2.13. The molecule has 1 N–H and O–H groups in total. The molecule has 0 fully saturated rings. The molecule has 14 heavy (non-hydrogen) atoms. The van der Waals surface area contributed by atoms with Crippen molar-refractivity contribution in [3.63, 3.8) is 0 Å². The first-order valence-electron chi connectivity index (χ1n) is 4.20. The van der Waals surface area contributed by atoms with Gasteiger partial charge in [0.15, 0.2) is 0 Å². The van der Waals surface area contributed by atoms with Gasteiger partial charge in [-0.25, -0.2) is 4.79 Å². The molecule has 76 valence electrons. The van der Waals surface area contributed by atoms with E-state index in [1.54, 1.807) is 6.07 Å². The standard InChI is InChI=1S/C10H10Br2O2/c1-2-6-3-7(12)4-8(10(13)14)9(6)5-11/h3-4H,2,5H2,1H3,(H,13,14). The summed E-state index contributed by atoms with van der Waals surface area (Å²) in [6.07, 6.45) is 0.834. The van der Waals surface area contributed by atoms with Gasteiger partial charge >= 0.3 is 5.97 Å². The van der Waals surface area contributed by atoms with E-state index in [-0.39, 0.29) is 0 Å². The van der Waals surface area contributed by atoms with Crippen LogP contribution in [-0.2, 0) is 11.8 Å². The van der Waals surface area contributed by atoms with Crippen molar-refractivity contribution in [3.05, 3.63) is 33.3 Å². The molecular formula is C10H10Br2O2. The first kappa shape index (κ1) is 11.7. The third-order valence-corrected chi connectivity index (χ3v) is 3.07. The van der Waals surface area contributed by atoms with Gasteiger partial charge in [-0.3, -0.25) is 0 Å². The molecule has 0 saturated heterocycles. The molecule has 0 aromatic heterocycles. The van der Waals surface area contributed by atoms with E-state index in [0.29, 0.717) is 10.9 Å². The molecule has 0 saturated carbocycles. The zero-order valence-electron chi connectivity index (χ0n) is 7.68. The fraction of sp³-hybridized carbons (Fsp3) is 0.300. The number of halogens is 2. The van der Waals surface area contributed by atoms with Gasteiger partial charge in [-0.05, 0) is 29.7 Å². The van der Waals surface area contributed by atoms with E-state index in [9.17, 15) is 4.79 Å². The monoisotopic (exact) mass is 320 g/mol. The second kappa shape index (κ2) is 4.94. The van der Waals surface area contributed by atoms with Crippen LogP contribution in [0.25, 0.3) is 0 Å². The lowest BCUT2D eigenvalue weighted by Crippen LogP contribution is -2.04. The molecular weight excluding hydrogens is 312 g/mol. The van der Waals surface area contributed by atoms with Crippen molar-refractivity contribution in [3.8, 4) is 0 Å².